The quantitative estimate of drug-likeness (QED) is 0.414. The Kier molecular flexibility index (Phi) is 10.9. The molecule has 0 saturated carbocycles. The molecule has 0 aliphatic carbocycles. The predicted octanol–water partition coefficient (Wildman–Crippen LogP) is 4.49. The molecular formula is C25H33Cl2N3O5S. The van der Waals surface area contributed by atoms with Crippen molar-refractivity contribution in [3.63, 3.8) is 0 Å². The average molecular weight is 559 g/mol. The minimum Gasteiger partial charge on any atom is -0.495 e. The van der Waals surface area contributed by atoms with Crippen LogP contribution in [0.1, 0.15) is 39.2 Å². The van der Waals surface area contributed by atoms with Crippen LogP contribution >= 0.6 is 23.2 Å². The maximum Gasteiger partial charge on any atom is 0.244 e. The lowest BCUT2D eigenvalue weighted by molar-refractivity contribution is -0.140. The van der Waals surface area contributed by atoms with Gasteiger partial charge in [-0.2, -0.15) is 0 Å². The van der Waals surface area contributed by atoms with Crippen LogP contribution in [0.5, 0.6) is 5.75 Å². The number of sulfonamides is 1. The van der Waals surface area contributed by atoms with Crippen LogP contribution < -0.4 is 14.4 Å². The van der Waals surface area contributed by atoms with Gasteiger partial charge < -0.3 is 15.0 Å². The lowest BCUT2D eigenvalue weighted by atomic mass is 10.1. The van der Waals surface area contributed by atoms with Crippen LogP contribution in [0.3, 0.4) is 0 Å². The fourth-order valence-corrected chi connectivity index (χ4v) is 4.83. The molecule has 0 fully saturated rings. The molecule has 198 valence electrons. The number of halogens is 2. The third kappa shape index (κ3) is 7.75. The number of hydrogen-bond acceptors (Lipinski definition) is 5. The number of hydrogen-bond donors (Lipinski definition) is 1. The normalized spacial score (nSPS) is 13.0. The number of nitrogens with one attached hydrogen (secondary N) is 1. The highest BCUT2D eigenvalue weighted by Crippen LogP contribution is 2.33. The molecule has 2 aromatic rings. The Morgan fingerprint density at radius 1 is 1.08 bits per heavy atom. The summed E-state index contributed by atoms with van der Waals surface area (Å²) < 4.78 is 31.8. The zero-order valence-corrected chi connectivity index (χ0v) is 23.5. The van der Waals surface area contributed by atoms with Crippen LogP contribution in [-0.4, -0.2) is 57.1 Å². The van der Waals surface area contributed by atoms with Gasteiger partial charge in [-0.05, 0) is 49.6 Å². The molecule has 0 saturated heterocycles. The lowest BCUT2D eigenvalue weighted by Gasteiger charge is -2.33. The molecule has 0 aliphatic heterocycles. The standard InChI is InChI=1S/C25H33Cl2N3O5S/c1-6-17(3)28-25(32)21(7-2)29(15-18-10-8-9-11-20(18)27)24(31)16-30(36(5,33)34)22-14-19(26)12-13-23(22)35-4/h8-14,17,21H,6-7,15-16H2,1-5H3,(H,28,32)/t17-,21-/m1/s1. The van der Waals surface area contributed by atoms with Crippen LogP contribution in [0.15, 0.2) is 42.5 Å². The van der Waals surface area contributed by atoms with Gasteiger partial charge in [0.05, 0.1) is 19.1 Å². The maximum atomic E-state index is 13.8. The van der Waals surface area contributed by atoms with E-state index in [0.29, 0.717) is 17.0 Å². The van der Waals surface area contributed by atoms with Gasteiger partial charge in [-0.3, -0.25) is 13.9 Å². The molecule has 0 radical (unpaired) electrons. The minimum atomic E-state index is -3.93. The number of carbonyl (C=O) groups is 2. The van der Waals surface area contributed by atoms with Crippen LogP contribution in [-0.2, 0) is 26.2 Å². The third-order valence-electron chi connectivity index (χ3n) is 5.77. The Labute approximate surface area is 223 Å². The van der Waals surface area contributed by atoms with E-state index in [4.69, 9.17) is 27.9 Å². The summed E-state index contributed by atoms with van der Waals surface area (Å²) in [5.41, 5.74) is 0.754. The summed E-state index contributed by atoms with van der Waals surface area (Å²) in [6, 6.07) is 10.6. The van der Waals surface area contributed by atoms with E-state index in [-0.39, 0.29) is 35.0 Å². The number of anilines is 1. The van der Waals surface area contributed by atoms with Crippen molar-refractivity contribution in [1.29, 1.82) is 0 Å². The molecule has 2 amide bonds. The smallest absolute Gasteiger partial charge is 0.244 e. The van der Waals surface area contributed by atoms with E-state index in [9.17, 15) is 18.0 Å². The Morgan fingerprint density at radius 3 is 2.31 bits per heavy atom. The first-order valence-corrected chi connectivity index (χ1v) is 14.2. The van der Waals surface area contributed by atoms with E-state index in [1.165, 1.54) is 24.1 Å². The maximum absolute atomic E-state index is 13.8. The molecule has 1 N–H and O–H groups in total. The monoisotopic (exact) mass is 557 g/mol. The van der Waals surface area contributed by atoms with Gasteiger partial charge in [0.25, 0.3) is 0 Å². The first kappa shape index (κ1) is 29.7. The van der Waals surface area contributed by atoms with Crippen LogP contribution in [0, 0.1) is 0 Å². The van der Waals surface area contributed by atoms with Crippen molar-refractivity contribution < 1.29 is 22.7 Å². The highest BCUT2D eigenvalue weighted by Gasteiger charge is 2.33. The molecule has 2 aromatic carbocycles. The summed E-state index contributed by atoms with van der Waals surface area (Å²) in [4.78, 5) is 28.3. The number of carbonyl (C=O) groups excluding carboxylic acids is 2. The Morgan fingerprint density at radius 2 is 1.75 bits per heavy atom. The first-order chi connectivity index (χ1) is 16.9. The van der Waals surface area contributed by atoms with Gasteiger partial charge >= 0.3 is 0 Å². The number of ether oxygens (including phenoxy) is 1. The largest absolute Gasteiger partial charge is 0.495 e. The van der Waals surface area contributed by atoms with Gasteiger partial charge in [-0.15, -0.1) is 0 Å². The molecule has 2 atom stereocenters. The number of methoxy groups -OCH3 is 1. The van der Waals surface area contributed by atoms with Gasteiger partial charge in [0.15, 0.2) is 0 Å². The summed E-state index contributed by atoms with van der Waals surface area (Å²) in [5.74, 6) is -0.663. The number of rotatable bonds is 12. The van der Waals surface area contributed by atoms with E-state index < -0.39 is 28.5 Å². The summed E-state index contributed by atoms with van der Waals surface area (Å²) in [6.07, 6.45) is 2.03. The molecule has 2 rings (SSSR count). The molecule has 0 spiro atoms. The molecule has 8 nitrogen and oxygen atoms in total. The molecule has 0 unspecified atom stereocenters. The summed E-state index contributed by atoms with van der Waals surface area (Å²) in [7, 11) is -2.54. The van der Waals surface area contributed by atoms with Crippen molar-refractivity contribution in [3.05, 3.63) is 58.1 Å². The lowest BCUT2D eigenvalue weighted by Crippen LogP contribution is -2.53. The van der Waals surface area contributed by atoms with Crippen LogP contribution in [0.25, 0.3) is 0 Å². The summed E-state index contributed by atoms with van der Waals surface area (Å²) in [6.45, 7) is 5.08. The number of amides is 2. The van der Waals surface area contributed by atoms with Gasteiger partial charge in [-0.1, -0.05) is 55.2 Å². The molecule has 36 heavy (non-hydrogen) atoms. The van der Waals surface area contributed by atoms with Crippen LogP contribution in [0.2, 0.25) is 10.0 Å². The molecular weight excluding hydrogens is 525 g/mol. The van der Waals surface area contributed by atoms with Gasteiger partial charge in [0, 0.05) is 22.6 Å². The summed E-state index contributed by atoms with van der Waals surface area (Å²) in [5, 5.41) is 3.63. The average Bonchev–Trinajstić information content (AvgIpc) is 2.82. The second kappa shape index (κ2) is 13.2. The minimum absolute atomic E-state index is 0.0230. The number of benzene rings is 2. The molecule has 0 bridgehead atoms. The second-order valence-corrected chi connectivity index (χ2v) is 11.2. The van der Waals surface area contributed by atoms with E-state index in [0.717, 1.165) is 17.0 Å². The molecule has 0 aliphatic rings. The van der Waals surface area contributed by atoms with Crippen molar-refractivity contribution in [2.45, 2.75) is 52.2 Å². The SMILES string of the molecule is CC[C@@H](C)NC(=O)[C@@H](CC)N(Cc1ccccc1Cl)C(=O)CN(c1cc(Cl)ccc1OC)S(C)(=O)=O. The fraction of sp³-hybridized carbons (Fsp3) is 0.440. The van der Waals surface area contributed by atoms with E-state index in [2.05, 4.69) is 5.32 Å². The molecule has 0 aromatic heterocycles. The van der Waals surface area contributed by atoms with Crippen LogP contribution in [0.4, 0.5) is 5.69 Å². The van der Waals surface area contributed by atoms with Crippen molar-refractivity contribution in [1.82, 2.24) is 10.2 Å². The third-order valence-corrected chi connectivity index (χ3v) is 7.50. The predicted molar refractivity (Wildman–Crippen MR) is 144 cm³/mol. The van der Waals surface area contributed by atoms with Gasteiger partial charge in [0.2, 0.25) is 21.8 Å². The van der Waals surface area contributed by atoms with E-state index in [1.807, 2.05) is 13.8 Å². The molecule has 0 heterocycles. The van der Waals surface area contributed by atoms with Gasteiger partial charge in [-0.25, -0.2) is 8.42 Å². The van der Waals surface area contributed by atoms with Crippen molar-refractivity contribution in [2.75, 3.05) is 24.2 Å². The summed E-state index contributed by atoms with van der Waals surface area (Å²) >= 11 is 12.5. The van der Waals surface area contributed by atoms with E-state index in [1.54, 1.807) is 37.3 Å². The van der Waals surface area contributed by atoms with Crippen molar-refractivity contribution in [2.24, 2.45) is 0 Å². The molecule has 11 heteroatoms. The Hall–Kier alpha value is -2.49. The van der Waals surface area contributed by atoms with Crippen molar-refractivity contribution >= 4 is 50.7 Å². The van der Waals surface area contributed by atoms with Crippen molar-refractivity contribution in [3.8, 4) is 5.75 Å². The second-order valence-electron chi connectivity index (χ2n) is 8.44. The topological polar surface area (TPSA) is 96.0 Å². The first-order valence-electron chi connectivity index (χ1n) is 11.6. The highest BCUT2D eigenvalue weighted by molar-refractivity contribution is 7.92. The number of nitrogens with zero attached hydrogens (tertiary/aromatic N) is 2. The Bertz CT molecular complexity index is 1180. The highest BCUT2D eigenvalue weighted by atomic mass is 35.5. The van der Waals surface area contributed by atoms with Gasteiger partial charge in [0.1, 0.15) is 18.3 Å². The van der Waals surface area contributed by atoms with E-state index >= 15 is 0 Å². The Balaban J connectivity index is 2.53. The zero-order chi connectivity index (χ0) is 27.0. The fourth-order valence-electron chi connectivity index (χ4n) is 3.62. The zero-order valence-electron chi connectivity index (χ0n) is 21.1.